The molecule has 0 aliphatic carbocycles. The van der Waals surface area contributed by atoms with Crippen LogP contribution in [0.15, 0.2) is 27.2 Å². The van der Waals surface area contributed by atoms with E-state index in [1.165, 1.54) is 6.92 Å². The molecule has 0 aliphatic heterocycles. The number of rotatable bonds is 3. The maximum Gasteiger partial charge on any atom is 0.145 e. The highest BCUT2D eigenvalue weighted by molar-refractivity contribution is 9.10. The summed E-state index contributed by atoms with van der Waals surface area (Å²) in [6.07, 6.45) is -1.32. The summed E-state index contributed by atoms with van der Waals surface area (Å²) >= 11 is 3.22. The van der Waals surface area contributed by atoms with Crippen LogP contribution in [-0.4, -0.2) is 25.8 Å². The number of pyridine rings is 1. The molecule has 3 nitrogen and oxygen atoms in total. The van der Waals surface area contributed by atoms with E-state index in [0.717, 1.165) is 0 Å². The van der Waals surface area contributed by atoms with E-state index in [2.05, 4.69) is 25.3 Å². The van der Waals surface area contributed by atoms with Crippen molar-refractivity contribution in [3.05, 3.63) is 28.5 Å². The molecule has 6 heteroatoms. The zero-order valence-electron chi connectivity index (χ0n) is 10.8. The minimum absolute atomic E-state index is 0.115. The third kappa shape index (κ3) is 4.24. The summed E-state index contributed by atoms with van der Waals surface area (Å²) in [5, 5.41) is 0. The SMILES string of the molecule is CC(F)C(=N[S@](=O)C(C)(C)C)c1cccc(Br)n1. The molecule has 0 aliphatic rings. The highest BCUT2D eigenvalue weighted by Gasteiger charge is 2.22. The lowest BCUT2D eigenvalue weighted by atomic mass is 10.2. The van der Waals surface area contributed by atoms with Crippen molar-refractivity contribution < 1.29 is 8.60 Å². The predicted octanol–water partition coefficient (Wildman–Crippen LogP) is 3.45. The summed E-state index contributed by atoms with van der Waals surface area (Å²) in [5.41, 5.74) is 0.515. The molecule has 1 unspecified atom stereocenters. The predicted molar refractivity (Wildman–Crippen MR) is 76.9 cm³/mol. The van der Waals surface area contributed by atoms with Crippen LogP contribution in [0.2, 0.25) is 0 Å². The molecule has 100 valence electrons. The molecule has 0 spiro atoms. The summed E-state index contributed by atoms with van der Waals surface area (Å²) in [6.45, 7) is 6.74. The van der Waals surface area contributed by atoms with Crippen molar-refractivity contribution >= 4 is 32.6 Å². The fourth-order valence-corrected chi connectivity index (χ4v) is 2.14. The van der Waals surface area contributed by atoms with E-state index < -0.39 is 21.9 Å². The van der Waals surface area contributed by atoms with Crippen molar-refractivity contribution in [1.82, 2.24) is 4.98 Å². The van der Waals surface area contributed by atoms with Gasteiger partial charge in [0.15, 0.2) is 0 Å². The van der Waals surface area contributed by atoms with Gasteiger partial charge in [-0.3, -0.25) is 0 Å². The normalized spacial score (nSPS) is 16.4. The monoisotopic (exact) mass is 334 g/mol. The van der Waals surface area contributed by atoms with E-state index in [0.29, 0.717) is 10.3 Å². The molecular weight excluding hydrogens is 319 g/mol. The van der Waals surface area contributed by atoms with Gasteiger partial charge in [-0.15, -0.1) is 0 Å². The van der Waals surface area contributed by atoms with Crippen LogP contribution in [0, 0.1) is 0 Å². The van der Waals surface area contributed by atoms with Gasteiger partial charge >= 0.3 is 0 Å². The Kier molecular flexibility index (Phi) is 5.16. The van der Waals surface area contributed by atoms with Gasteiger partial charge in [0.2, 0.25) is 0 Å². The van der Waals surface area contributed by atoms with Crippen molar-refractivity contribution in [2.75, 3.05) is 0 Å². The third-order valence-corrected chi connectivity index (χ3v) is 3.91. The first-order chi connectivity index (χ1) is 8.21. The number of hydrogen-bond acceptors (Lipinski definition) is 2. The number of aromatic nitrogens is 1. The molecule has 18 heavy (non-hydrogen) atoms. The highest BCUT2D eigenvalue weighted by Crippen LogP contribution is 2.16. The molecule has 0 saturated carbocycles. The molecule has 0 saturated heterocycles. The number of alkyl halides is 1. The summed E-state index contributed by atoms with van der Waals surface area (Å²) in [7, 11) is -1.50. The second kappa shape index (κ2) is 6.02. The van der Waals surface area contributed by atoms with Gasteiger partial charge in [0.05, 0.1) is 10.4 Å². The van der Waals surface area contributed by atoms with E-state index in [9.17, 15) is 8.60 Å². The van der Waals surface area contributed by atoms with E-state index in [4.69, 9.17) is 0 Å². The van der Waals surface area contributed by atoms with Gasteiger partial charge in [0.1, 0.15) is 27.5 Å². The molecule has 0 aromatic carbocycles. The first-order valence-corrected chi connectivity index (χ1v) is 7.39. The second-order valence-corrected chi connectivity index (χ2v) is 7.52. The molecule has 1 aromatic heterocycles. The van der Waals surface area contributed by atoms with Gasteiger partial charge < -0.3 is 0 Å². The first-order valence-electron chi connectivity index (χ1n) is 5.49. The van der Waals surface area contributed by atoms with Crippen molar-refractivity contribution in [3.8, 4) is 0 Å². The largest absolute Gasteiger partial charge is 0.241 e. The van der Waals surface area contributed by atoms with E-state index >= 15 is 0 Å². The topological polar surface area (TPSA) is 42.3 Å². The van der Waals surface area contributed by atoms with Gasteiger partial charge in [0.25, 0.3) is 0 Å². The third-order valence-electron chi connectivity index (χ3n) is 2.06. The minimum Gasteiger partial charge on any atom is -0.241 e. The fourth-order valence-electron chi connectivity index (χ4n) is 1.10. The van der Waals surface area contributed by atoms with Crippen LogP contribution in [0.3, 0.4) is 0 Å². The van der Waals surface area contributed by atoms with E-state index in [1.54, 1.807) is 39.0 Å². The molecule has 0 bridgehead atoms. The van der Waals surface area contributed by atoms with Crippen LogP contribution < -0.4 is 0 Å². The number of hydrogen-bond donors (Lipinski definition) is 0. The molecule has 0 amide bonds. The highest BCUT2D eigenvalue weighted by atomic mass is 79.9. The lowest BCUT2D eigenvalue weighted by Gasteiger charge is -2.15. The Morgan fingerprint density at radius 1 is 1.50 bits per heavy atom. The average molecular weight is 335 g/mol. The fraction of sp³-hybridized carbons (Fsp3) is 0.500. The standard InChI is InChI=1S/C12H16BrFN2OS/c1-8(14)11(16-18(17)12(2,3)4)9-6-5-7-10(13)15-9/h5-8H,1-4H3/t8?,18-/m1/s1. The van der Waals surface area contributed by atoms with Crippen LogP contribution in [0.4, 0.5) is 4.39 Å². The lowest BCUT2D eigenvalue weighted by Crippen LogP contribution is -2.24. The molecule has 2 atom stereocenters. The van der Waals surface area contributed by atoms with Crippen LogP contribution in [0.1, 0.15) is 33.4 Å². The van der Waals surface area contributed by atoms with Crippen molar-refractivity contribution in [3.63, 3.8) is 0 Å². The first kappa shape index (κ1) is 15.4. The van der Waals surface area contributed by atoms with Crippen molar-refractivity contribution in [2.24, 2.45) is 4.40 Å². The van der Waals surface area contributed by atoms with Gasteiger partial charge in [-0.2, -0.15) is 4.40 Å². The Balaban J connectivity index is 3.20. The maximum atomic E-state index is 13.6. The van der Waals surface area contributed by atoms with Crippen LogP contribution >= 0.6 is 15.9 Å². The Hall–Kier alpha value is -0.620. The van der Waals surface area contributed by atoms with E-state index in [-0.39, 0.29) is 5.71 Å². The summed E-state index contributed by atoms with van der Waals surface area (Å²) in [4.78, 5) is 4.14. The van der Waals surface area contributed by atoms with Gasteiger partial charge in [-0.1, -0.05) is 6.07 Å². The molecule has 0 fully saturated rings. The van der Waals surface area contributed by atoms with Gasteiger partial charge in [-0.05, 0) is 55.8 Å². The summed E-state index contributed by atoms with van der Waals surface area (Å²) in [6, 6.07) is 5.13. The van der Waals surface area contributed by atoms with Crippen molar-refractivity contribution in [2.45, 2.75) is 38.6 Å². The van der Waals surface area contributed by atoms with Crippen LogP contribution in [-0.2, 0) is 11.0 Å². The zero-order valence-corrected chi connectivity index (χ0v) is 13.2. The van der Waals surface area contributed by atoms with Gasteiger partial charge in [0, 0.05) is 0 Å². The van der Waals surface area contributed by atoms with Crippen LogP contribution in [0.25, 0.3) is 0 Å². The lowest BCUT2D eigenvalue weighted by molar-refractivity contribution is 0.454. The maximum absolute atomic E-state index is 13.6. The average Bonchev–Trinajstić information content (AvgIpc) is 2.23. The molecule has 0 radical (unpaired) electrons. The Morgan fingerprint density at radius 3 is 2.56 bits per heavy atom. The smallest absolute Gasteiger partial charge is 0.145 e. The quantitative estimate of drug-likeness (QED) is 0.627. The Bertz CT molecular complexity index is 483. The number of nitrogens with zero attached hydrogens (tertiary/aromatic N) is 2. The Morgan fingerprint density at radius 2 is 2.11 bits per heavy atom. The van der Waals surface area contributed by atoms with Crippen molar-refractivity contribution in [1.29, 1.82) is 0 Å². The summed E-state index contributed by atoms with van der Waals surface area (Å²) < 4.78 is 29.6. The molecular formula is C12H16BrFN2OS. The molecule has 1 heterocycles. The second-order valence-electron chi connectivity index (χ2n) is 4.80. The molecule has 1 aromatic rings. The molecule has 0 N–H and O–H groups in total. The molecule has 1 rings (SSSR count). The zero-order chi connectivity index (χ0) is 13.9. The van der Waals surface area contributed by atoms with Gasteiger partial charge in [-0.25, -0.2) is 13.6 Å². The minimum atomic E-state index is -1.50. The Labute approximate surface area is 118 Å². The van der Waals surface area contributed by atoms with Crippen LogP contribution in [0.5, 0.6) is 0 Å². The van der Waals surface area contributed by atoms with E-state index in [1.807, 2.05) is 0 Å². The summed E-state index contributed by atoms with van der Waals surface area (Å²) in [5.74, 6) is 0. The number of halogens is 2.